The van der Waals surface area contributed by atoms with Crippen molar-refractivity contribution in [2.24, 2.45) is 15.9 Å². The molecule has 0 saturated heterocycles. The summed E-state index contributed by atoms with van der Waals surface area (Å²) in [6.45, 7) is 6.29. The number of benzene rings is 1. The van der Waals surface area contributed by atoms with Gasteiger partial charge in [0.2, 0.25) is 0 Å². The van der Waals surface area contributed by atoms with E-state index in [9.17, 15) is 9.18 Å². The second-order valence-corrected chi connectivity index (χ2v) is 8.60. The number of halogens is 2. The fourth-order valence-corrected chi connectivity index (χ4v) is 4.24. The SMILES string of the molecule is CCCN(C)C(NC(=NCCOCC)NC(=O)c1cccc(Cl)c1)C1CCC(F)CC1=NC. The van der Waals surface area contributed by atoms with Gasteiger partial charge in [0.05, 0.1) is 19.3 Å². The van der Waals surface area contributed by atoms with Crippen LogP contribution in [-0.2, 0) is 4.74 Å². The summed E-state index contributed by atoms with van der Waals surface area (Å²) in [4.78, 5) is 24.1. The van der Waals surface area contributed by atoms with Crippen LogP contribution >= 0.6 is 11.6 Å². The van der Waals surface area contributed by atoms with Gasteiger partial charge in [-0.1, -0.05) is 24.6 Å². The first-order valence-electron chi connectivity index (χ1n) is 11.6. The van der Waals surface area contributed by atoms with Crippen molar-refractivity contribution < 1.29 is 13.9 Å². The Kier molecular flexibility index (Phi) is 11.8. The van der Waals surface area contributed by atoms with Crippen molar-refractivity contribution >= 4 is 29.2 Å². The van der Waals surface area contributed by atoms with E-state index in [4.69, 9.17) is 16.3 Å². The molecule has 33 heavy (non-hydrogen) atoms. The summed E-state index contributed by atoms with van der Waals surface area (Å²) < 4.78 is 19.5. The van der Waals surface area contributed by atoms with Gasteiger partial charge in [-0.3, -0.25) is 25.0 Å². The van der Waals surface area contributed by atoms with Crippen molar-refractivity contribution in [3.8, 4) is 0 Å². The number of carbonyl (C=O) groups is 1. The molecule has 0 heterocycles. The quantitative estimate of drug-likeness (QED) is 0.230. The lowest BCUT2D eigenvalue weighted by molar-refractivity contribution is 0.0972. The molecule has 0 aliphatic heterocycles. The molecule has 2 rings (SSSR count). The van der Waals surface area contributed by atoms with Gasteiger partial charge in [-0.05, 0) is 58.0 Å². The fraction of sp³-hybridized carbons (Fsp3) is 0.625. The van der Waals surface area contributed by atoms with Gasteiger partial charge in [0.1, 0.15) is 6.17 Å². The number of nitrogens with one attached hydrogen (secondary N) is 2. The van der Waals surface area contributed by atoms with Gasteiger partial charge >= 0.3 is 0 Å². The van der Waals surface area contributed by atoms with Crippen LogP contribution in [-0.4, -0.2) is 75.2 Å². The smallest absolute Gasteiger partial charge is 0.257 e. The van der Waals surface area contributed by atoms with E-state index in [1.807, 2.05) is 14.0 Å². The number of hydrogen-bond acceptors (Lipinski definition) is 5. The number of guanidine groups is 1. The van der Waals surface area contributed by atoms with Crippen LogP contribution < -0.4 is 10.6 Å². The fourth-order valence-electron chi connectivity index (χ4n) is 4.05. The van der Waals surface area contributed by atoms with Crippen LogP contribution in [0.2, 0.25) is 5.02 Å². The summed E-state index contributed by atoms with van der Waals surface area (Å²) in [7, 11) is 3.74. The average Bonchev–Trinajstić information content (AvgIpc) is 2.80. The number of rotatable bonds is 10. The minimum Gasteiger partial charge on any atom is -0.380 e. The molecule has 1 saturated carbocycles. The van der Waals surface area contributed by atoms with Gasteiger partial charge in [-0.15, -0.1) is 0 Å². The molecule has 0 bridgehead atoms. The second-order valence-electron chi connectivity index (χ2n) is 8.16. The largest absolute Gasteiger partial charge is 0.380 e. The predicted molar refractivity (Wildman–Crippen MR) is 133 cm³/mol. The third-order valence-electron chi connectivity index (χ3n) is 5.68. The number of ether oxygens (including phenoxy) is 1. The lowest BCUT2D eigenvalue weighted by atomic mass is 9.83. The molecule has 1 aliphatic rings. The highest BCUT2D eigenvalue weighted by Gasteiger charge is 2.35. The number of amides is 1. The van der Waals surface area contributed by atoms with Crippen LogP contribution in [0.3, 0.4) is 0 Å². The van der Waals surface area contributed by atoms with Gasteiger partial charge in [-0.2, -0.15) is 0 Å². The minimum absolute atomic E-state index is 0.0127. The first-order valence-corrected chi connectivity index (χ1v) is 12.0. The molecule has 1 aromatic carbocycles. The Morgan fingerprint density at radius 1 is 1.36 bits per heavy atom. The highest BCUT2D eigenvalue weighted by atomic mass is 35.5. The highest BCUT2D eigenvalue weighted by Crippen LogP contribution is 2.28. The first-order chi connectivity index (χ1) is 15.9. The van der Waals surface area contributed by atoms with E-state index in [1.165, 1.54) is 0 Å². The molecule has 1 fully saturated rings. The van der Waals surface area contributed by atoms with Gasteiger partial charge in [0, 0.05) is 42.3 Å². The number of alkyl halides is 1. The predicted octanol–water partition coefficient (Wildman–Crippen LogP) is 3.93. The van der Waals surface area contributed by atoms with E-state index in [1.54, 1.807) is 31.3 Å². The van der Waals surface area contributed by atoms with Gasteiger partial charge in [0.15, 0.2) is 5.96 Å². The van der Waals surface area contributed by atoms with E-state index in [-0.39, 0.29) is 18.0 Å². The van der Waals surface area contributed by atoms with Crippen molar-refractivity contribution in [2.75, 3.05) is 40.4 Å². The normalized spacial score (nSPS) is 21.3. The summed E-state index contributed by atoms with van der Waals surface area (Å²) in [5.74, 6) is 0.0538. The van der Waals surface area contributed by atoms with E-state index >= 15 is 0 Å². The minimum atomic E-state index is -0.862. The summed E-state index contributed by atoms with van der Waals surface area (Å²) in [5, 5.41) is 6.81. The molecule has 7 nitrogen and oxygen atoms in total. The molecule has 0 spiro atoms. The van der Waals surface area contributed by atoms with Crippen molar-refractivity contribution in [1.29, 1.82) is 0 Å². The molecule has 184 valence electrons. The van der Waals surface area contributed by atoms with Crippen LogP contribution in [0, 0.1) is 5.92 Å². The molecule has 3 atom stereocenters. The van der Waals surface area contributed by atoms with E-state index < -0.39 is 6.17 Å². The topological polar surface area (TPSA) is 78.3 Å². The molecule has 1 aromatic rings. The van der Waals surface area contributed by atoms with Crippen LogP contribution in [0.1, 0.15) is 49.9 Å². The zero-order chi connectivity index (χ0) is 24.2. The maximum atomic E-state index is 14.1. The third-order valence-corrected chi connectivity index (χ3v) is 5.92. The molecule has 3 unspecified atom stereocenters. The summed E-state index contributed by atoms with van der Waals surface area (Å²) >= 11 is 6.06. The Morgan fingerprint density at radius 3 is 2.82 bits per heavy atom. The van der Waals surface area contributed by atoms with Crippen LogP contribution in [0.4, 0.5) is 4.39 Å². The molecule has 2 N–H and O–H groups in total. The summed E-state index contributed by atoms with van der Waals surface area (Å²) in [6, 6.07) is 6.76. The number of nitrogens with zero attached hydrogens (tertiary/aromatic N) is 3. The molecule has 9 heteroatoms. The molecule has 0 aromatic heterocycles. The first kappa shape index (κ1) is 27.2. The Hall–Kier alpha value is -2.03. The maximum Gasteiger partial charge on any atom is 0.257 e. The molecule has 0 radical (unpaired) electrons. The van der Waals surface area contributed by atoms with Crippen molar-refractivity contribution in [3.05, 3.63) is 34.9 Å². The standard InChI is InChI=1S/C24H37ClFN5O2/c1-5-13-31(4)22(20-11-10-19(26)16-21(20)27-3)29-24(28-12-14-33-6-2)30-23(32)17-8-7-9-18(25)15-17/h7-9,15,19-20,22H,5-6,10-14,16H2,1-4H3,(H2,28,29,30,32). The zero-order valence-corrected chi connectivity index (χ0v) is 20.9. The summed E-state index contributed by atoms with van der Waals surface area (Å²) in [5.41, 5.74) is 1.29. The zero-order valence-electron chi connectivity index (χ0n) is 20.1. The van der Waals surface area contributed by atoms with E-state index in [0.29, 0.717) is 55.6 Å². The van der Waals surface area contributed by atoms with Crippen LogP contribution in [0.5, 0.6) is 0 Å². The Labute approximate surface area is 201 Å². The van der Waals surface area contributed by atoms with Gasteiger partial charge < -0.3 is 10.1 Å². The average molecular weight is 482 g/mol. The Morgan fingerprint density at radius 2 is 2.15 bits per heavy atom. The maximum absolute atomic E-state index is 14.1. The number of carbonyl (C=O) groups excluding carboxylic acids is 1. The van der Waals surface area contributed by atoms with E-state index in [0.717, 1.165) is 18.7 Å². The molecule has 1 aliphatic carbocycles. The molecule has 1 amide bonds. The third kappa shape index (κ3) is 8.68. The Bertz CT molecular complexity index is 820. The summed E-state index contributed by atoms with van der Waals surface area (Å²) in [6.07, 6.45) is 1.41. The van der Waals surface area contributed by atoms with Crippen molar-refractivity contribution in [3.63, 3.8) is 0 Å². The lowest BCUT2D eigenvalue weighted by Crippen LogP contribution is -2.57. The van der Waals surface area contributed by atoms with Crippen LogP contribution in [0.15, 0.2) is 34.3 Å². The van der Waals surface area contributed by atoms with Gasteiger partial charge in [0.25, 0.3) is 5.91 Å². The highest BCUT2D eigenvalue weighted by molar-refractivity contribution is 6.31. The number of aliphatic imine (C=N–C) groups is 2. The number of hydrogen-bond donors (Lipinski definition) is 2. The van der Waals surface area contributed by atoms with Gasteiger partial charge in [-0.25, -0.2) is 4.39 Å². The molecular formula is C24H37ClFN5O2. The Balaban J connectivity index is 2.28. The van der Waals surface area contributed by atoms with E-state index in [2.05, 4.69) is 32.4 Å². The van der Waals surface area contributed by atoms with Crippen molar-refractivity contribution in [1.82, 2.24) is 15.5 Å². The molecular weight excluding hydrogens is 445 g/mol. The monoisotopic (exact) mass is 481 g/mol. The second kappa shape index (κ2) is 14.3. The van der Waals surface area contributed by atoms with Crippen molar-refractivity contribution in [2.45, 2.75) is 51.9 Å². The lowest BCUT2D eigenvalue weighted by Gasteiger charge is -2.39. The van der Waals surface area contributed by atoms with Crippen LogP contribution in [0.25, 0.3) is 0 Å².